The number of hydrogen-bond acceptors (Lipinski definition) is 1. The number of benzene rings is 2. The average Bonchev–Trinajstić information content (AvgIpc) is 2.41. The van der Waals surface area contributed by atoms with Crippen LogP contribution in [0.1, 0.15) is 42.0 Å². The summed E-state index contributed by atoms with van der Waals surface area (Å²) in [6.45, 7) is 4.48. The Bertz CT molecular complexity index is 589. The highest BCUT2D eigenvalue weighted by Gasteiger charge is 2.25. The molecule has 2 atom stereocenters. The SMILES string of the molecule is Cc1cccc2c1NC(c1ccc(Cl)cc1)CC2C. The van der Waals surface area contributed by atoms with Crippen molar-refractivity contribution in [1.82, 2.24) is 0 Å². The Balaban J connectivity index is 1.96. The molecule has 98 valence electrons. The fraction of sp³-hybridized carbons (Fsp3) is 0.294. The van der Waals surface area contributed by atoms with Crippen LogP contribution in [-0.4, -0.2) is 0 Å². The van der Waals surface area contributed by atoms with Gasteiger partial charge < -0.3 is 5.32 Å². The highest BCUT2D eigenvalue weighted by molar-refractivity contribution is 6.30. The number of fused-ring (bicyclic) bond motifs is 1. The molecule has 0 aliphatic carbocycles. The van der Waals surface area contributed by atoms with Crippen LogP contribution in [0.5, 0.6) is 0 Å². The average molecular weight is 272 g/mol. The van der Waals surface area contributed by atoms with E-state index in [9.17, 15) is 0 Å². The molecule has 0 saturated heterocycles. The first-order chi connectivity index (χ1) is 9.15. The molecule has 1 heterocycles. The van der Waals surface area contributed by atoms with E-state index in [2.05, 4.69) is 49.5 Å². The number of halogens is 1. The largest absolute Gasteiger partial charge is 0.378 e. The van der Waals surface area contributed by atoms with E-state index in [1.54, 1.807) is 0 Å². The van der Waals surface area contributed by atoms with Crippen molar-refractivity contribution in [2.45, 2.75) is 32.2 Å². The van der Waals surface area contributed by atoms with Crippen molar-refractivity contribution < 1.29 is 0 Å². The fourth-order valence-corrected chi connectivity index (χ4v) is 3.05. The van der Waals surface area contributed by atoms with Gasteiger partial charge in [0, 0.05) is 10.7 Å². The summed E-state index contributed by atoms with van der Waals surface area (Å²) >= 11 is 5.97. The summed E-state index contributed by atoms with van der Waals surface area (Å²) < 4.78 is 0. The molecule has 2 unspecified atom stereocenters. The molecule has 0 bridgehead atoms. The number of anilines is 1. The van der Waals surface area contributed by atoms with E-state index in [4.69, 9.17) is 11.6 Å². The smallest absolute Gasteiger partial charge is 0.0519 e. The van der Waals surface area contributed by atoms with Crippen LogP contribution >= 0.6 is 11.6 Å². The van der Waals surface area contributed by atoms with Crippen LogP contribution in [0.3, 0.4) is 0 Å². The molecule has 0 amide bonds. The third kappa shape index (κ3) is 2.35. The molecule has 0 spiro atoms. The minimum absolute atomic E-state index is 0.376. The van der Waals surface area contributed by atoms with Crippen LogP contribution in [0.15, 0.2) is 42.5 Å². The summed E-state index contributed by atoms with van der Waals surface area (Å²) in [7, 11) is 0. The predicted octanol–water partition coefficient (Wildman–Crippen LogP) is 5.31. The van der Waals surface area contributed by atoms with Crippen molar-refractivity contribution in [3.8, 4) is 0 Å². The van der Waals surface area contributed by atoms with E-state index in [1.165, 1.54) is 22.4 Å². The van der Waals surface area contributed by atoms with Crippen LogP contribution in [0.25, 0.3) is 0 Å². The van der Waals surface area contributed by atoms with Crippen molar-refractivity contribution in [2.75, 3.05) is 5.32 Å². The molecule has 19 heavy (non-hydrogen) atoms. The summed E-state index contributed by atoms with van der Waals surface area (Å²) in [4.78, 5) is 0. The Morgan fingerprint density at radius 3 is 2.58 bits per heavy atom. The summed E-state index contributed by atoms with van der Waals surface area (Å²) in [5, 5.41) is 4.48. The Kier molecular flexibility index (Phi) is 3.24. The first-order valence-corrected chi connectivity index (χ1v) is 7.14. The Morgan fingerprint density at radius 1 is 1.11 bits per heavy atom. The molecule has 3 rings (SSSR count). The lowest BCUT2D eigenvalue weighted by Crippen LogP contribution is -2.21. The minimum Gasteiger partial charge on any atom is -0.378 e. The van der Waals surface area contributed by atoms with Crippen LogP contribution < -0.4 is 5.32 Å². The second kappa shape index (κ2) is 4.90. The molecule has 1 nitrogen and oxygen atoms in total. The van der Waals surface area contributed by atoms with E-state index in [0.29, 0.717) is 12.0 Å². The molecular weight excluding hydrogens is 254 g/mol. The van der Waals surface area contributed by atoms with Gasteiger partial charge in [-0.3, -0.25) is 0 Å². The van der Waals surface area contributed by atoms with Gasteiger partial charge in [-0.15, -0.1) is 0 Å². The lowest BCUT2D eigenvalue weighted by atomic mass is 9.84. The van der Waals surface area contributed by atoms with Gasteiger partial charge in [0.1, 0.15) is 0 Å². The van der Waals surface area contributed by atoms with Gasteiger partial charge >= 0.3 is 0 Å². The van der Waals surface area contributed by atoms with E-state index >= 15 is 0 Å². The Labute approximate surface area is 119 Å². The van der Waals surface area contributed by atoms with Crippen LogP contribution in [-0.2, 0) is 0 Å². The molecule has 0 aromatic heterocycles. The highest BCUT2D eigenvalue weighted by atomic mass is 35.5. The standard InChI is InChI=1S/C17H18ClN/c1-11-4-3-5-15-12(2)10-16(19-17(11)15)13-6-8-14(18)9-7-13/h3-9,12,16,19H,10H2,1-2H3. The maximum atomic E-state index is 5.97. The van der Waals surface area contributed by atoms with Gasteiger partial charge in [-0.2, -0.15) is 0 Å². The molecule has 2 aromatic carbocycles. The van der Waals surface area contributed by atoms with Crippen molar-refractivity contribution in [3.05, 3.63) is 64.2 Å². The third-order valence-corrected chi connectivity index (χ3v) is 4.27. The monoisotopic (exact) mass is 271 g/mol. The Hall–Kier alpha value is -1.47. The van der Waals surface area contributed by atoms with Crippen molar-refractivity contribution >= 4 is 17.3 Å². The molecule has 0 radical (unpaired) electrons. The zero-order valence-corrected chi connectivity index (χ0v) is 12.0. The second-order valence-corrected chi connectivity index (χ2v) is 5.86. The number of nitrogens with one attached hydrogen (secondary N) is 1. The third-order valence-electron chi connectivity index (χ3n) is 4.02. The maximum Gasteiger partial charge on any atom is 0.0519 e. The van der Waals surface area contributed by atoms with Gasteiger partial charge in [0.2, 0.25) is 0 Å². The number of aryl methyl sites for hydroxylation is 1. The first-order valence-electron chi connectivity index (χ1n) is 6.76. The zero-order valence-electron chi connectivity index (χ0n) is 11.3. The molecule has 2 heteroatoms. The van der Waals surface area contributed by atoms with Crippen molar-refractivity contribution in [2.24, 2.45) is 0 Å². The van der Waals surface area contributed by atoms with Crippen LogP contribution in [0.2, 0.25) is 5.02 Å². The lowest BCUT2D eigenvalue weighted by molar-refractivity contribution is 0.578. The van der Waals surface area contributed by atoms with Gasteiger partial charge in [-0.25, -0.2) is 0 Å². The molecular formula is C17H18ClN. The number of rotatable bonds is 1. The van der Waals surface area contributed by atoms with Gasteiger partial charge in [0.25, 0.3) is 0 Å². The normalized spacial score (nSPS) is 21.6. The molecule has 0 fully saturated rings. The Morgan fingerprint density at radius 2 is 1.84 bits per heavy atom. The number of para-hydroxylation sites is 1. The second-order valence-electron chi connectivity index (χ2n) is 5.42. The molecule has 1 N–H and O–H groups in total. The summed E-state index contributed by atoms with van der Waals surface area (Å²) in [5.74, 6) is 0.580. The van der Waals surface area contributed by atoms with Crippen molar-refractivity contribution in [3.63, 3.8) is 0 Å². The zero-order chi connectivity index (χ0) is 13.4. The quantitative estimate of drug-likeness (QED) is 0.741. The maximum absolute atomic E-state index is 5.97. The van der Waals surface area contributed by atoms with E-state index in [0.717, 1.165) is 11.4 Å². The van der Waals surface area contributed by atoms with Crippen LogP contribution in [0, 0.1) is 6.92 Å². The van der Waals surface area contributed by atoms with Gasteiger partial charge in [-0.05, 0) is 48.1 Å². The molecule has 0 saturated carbocycles. The van der Waals surface area contributed by atoms with Crippen molar-refractivity contribution in [1.29, 1.82) is 0 Å². The summed E-state index contributed by atoms with van der Waals surface area (Å²) in [6, 6.07) is 15.1. The highest BCUT2D eigenvalue weighted by Crippen LogP contribution is 2.41. The number of hydrogen-bond donors (Lipinski definition) is 1. The van der Waals surface area contributed by atoms with Gasteiger partial charge in [0.15, 0.2) is 0 Å². The van der Waals surface area contributed by atoms with Gasteiger partial charge in [0.05, 0.1) is 6.04 Å². The molecule has 2 aromatic rings. The first kappa shape index (κ1) is 12.6. The summed E-state index contributed by atoms with van der Waals surface area (Å²) in [6.07, 6.45) is 1.12. The molecule has 1 aliphatic heterocycles. The molecule has 1 aliphatic rings. The van der Waals surface area contributed by atoms with E-state index < -0.39 is 0 Å². The summed E-state index contributed by atoms with van der Waals surface area (Å²) in [5.41, 5.74) is 5.37. The van der Waals surface area contributed by atoms with Crippen LogP contribution in [0.4, 0.5) is 5.69 Å². The topological polar surface area (TPSA) is 12.0 Å². The van der Waals surface area contributed by atoms with E-state index in [-0.39, 0.29) is 0 Å². The minimum atomic E-state index is 0.376. The van der Waals surface area contributed by atoms with Gasteiger partial charge in [-0.1, -0.05) is 48.9 Å². The lowest BCUT2D eigenvalue weighted by Gasteiger charge is -2.33. The van der Waals surface area contributed by atoms with E-state index in [1.807, 2.05) is 12.1 Å². The predicted molar refractivity (Wildman–Crippen MR) is 82.0 cm³/mol. The fourth-order valence-electron chi connectivity index (χ4n) is 2.93.